The molecule has 96 valence electrons. The Bertz CT molecular complexity index is 609. The summed E-state index contributed by atoms with van der Waals surface area (Å²) in [5.41, 5.74) is 1.76. The number of ether oxygens (including phenoxy) is 1. The van der Waals surface area contributed by atoms with Crippen molar-refractivity contribution in [1.29, 1.82) is 0 Å². The van der Waals surface area contributed by atoms with E-state index in [4.69, 9.17) is 5.21 Å². The molecule has 0 aliphatic rings. The second kappa shape index (κ2) is 5.77. The molecule has 19 heavy (non-hydrogen) atoms. The average Bonchev–Trinajstić information content (AvgIpc) is 2.48. The Morgan fingerprint density at radius 1 is 1.21 bits per heavy atom. The molecule has 2 aromatic rings. The molecule has 0 fully saturated rings. The highest BCUT2D eigenvalue weighted by molar-refractivity contribution is 6.12. The molecule has 2 rings (SSSR count). The van der Waals surface area contributed by atoms with Gasteiger partial charge in [-0.3, -0.25) is 4.98 Å². The number of nitrogens with zero attached hydrogens (tertiary/aromatic N) is 2. The first-order valence-corrected chi connectivity index (χ1v) is 5.58. The first kappa shape index (κ1) is 12.8. The molecule has 0 amide bonds. The van der Waals surface area contributed by atoms with Crippen LogP contribution >= 0.6 is 0 Å². The largest absolute Gasteiger partial charge is 0.465 e. The molecule has 0 spiro atoms. The maximum absolute atomic E-state index is 11.5. The third-order valence-electron chi connectivity index (χ3n) is 2.57. The number of hydrogen-bond acceptors (Lipinski definition) is 5. The Morgan fingerprint density at radius 2 is 1.95 bits per heavy atom. The molecule has 0 aliphatic heterocycles. The fourth-order valence-corrected chi connectivity index (χ4v) is 1.66. The summed E-state index contributed by atoms with van der Waals surface area (Å²) in [5, 5.41) is 12.4. The van der Waals surface area contributed by atoms with Crippen LogP contribution in [0.3, 0.4) is 0 Å². The van der Waals surface area contributed by atoms with Crippen molar-refractivity contribution >= 4 is 11.7 Å². The van der Waals surface area contributed by atoms with Gasteiger partial charge in [-0.1, -0.05) is 35.5 Å². The first-order valence-electron chi connectivity index (χ1n) is 5.58. The molecular weight excluding hydrogens is 244 g/mol. The molecular formula is C14H12N2O3. The minimum Gasteiger partial charge on any atom is -0.465 e. The van der Waals surface area contributed by atoms with Gasteiger partial charge >= 0.3 is 5.97 Å². The van der Waals surface area contributed by atoms with Crippen molar-refractivity contribution in [3.63, 3.8) is 0 Å². The minimum absolute atomic E-state index is 0.298. The summed E-state index contributed by atoms with van der Waals surface area (Å²) in [6, 6.07) is 12.2. The highest BCUT2D eigenvalue weighted by Crippen LogP contribution is 2.11. The van der Waals surface area contributed by atoms with Crippen molar-refractivity contribution in [1.82, 2.24) is 4.98 Å². The Morgan fingerprint density at radius 3 is 2.58 bits per heavy atom. The lowest BCUT2D eigenvalue weighted by atomic mass is 10.1. The molecule has 0 saturated carbocycles. The Hall–Kier alpha value is -2.69. The van der Waals surface area contributed by atoms with Gasteiger partial charge in [0.1, 0.15) is 5.71 Å². The summed E-state index contributed by atoms with van der Waals surface area (Å²) in [4.78, 5) is 15.6. The predicted octanol–water partition coefficient (Wildman–Crippen LogP) is 2.09. The van der Waals surface area contributed by atoms with E-state index >= 15 is 0 Å². The van der Waals surface area contributed by atoms with Gasteiger partial charge in [-0.2, -0.15) is 0 Å². The standard InChI is InChI=1S/C14H12N2O3/c1-19-14(17)11-7-8-15-12(9-11)13(16-18)10-5-3-2-4-6-10/h2-9,18H,1H3/b16-13-. The van der Waals surface area contributed by atoms with Gasteiger partial charge in [-0.15, -0.1) is 0 Å². The summed E-state index contributed by atoms with van der Waals surface area (Å²) in [7, 11) is 1.31. The molecule has 0 saturated heterocycles. The predicted molar refractivity (Wildman–Crippen MR) is 69.4 cm³/mol. The molecule has 0 radical (unpaired) electrons. The van der Waals surface area contributed by atoms with Crippen LogP contribution in [-0.2, 0) is 4.74 Å². The van der Waals surface area contributed by atoms with Crippen molar-refractivity contribution in [3.8, 4) is 0 Å². The Balaban J connectivity index is 2.43. The summed E-state index contributed by atoms with van der Waals surface area (Å²) in [5.74, 6) is -0.464. The van der Waals surface area contributed by atoms with Gasteiger partial charge in [0.05, 0.1) is 18.4 Å². The van der Waals surface area contributed by atoms with E-state index in [-0.39, 0.29) is 0 Å². The zero-order valence-corrected chi connectivity index (χ0v) is 10.3. The van der Waals surface area contributed by atoms with Gasteiger partial charge in [-0.05, 0) is 12.1 Å². The van der Waals surface area contributed by atoms with Gasteiger partial charge in [-0.25, -0.2) is 4.79 Å². The number of methoxy groups -OCH3 is 1. The van der Waals surface area contributed by atoms with E-state index in [0.29, 0.717) is 22.5 Å². The fraction of sp³-hybridized carbons (Fsp3) is 0.0714. The van der Waals surface area contributed by atoms with E-state index < -0.39 is 5.97 Å². The number of benzene rings is 1. The molecule has 0 atom stereocenters. The third-order valence-corrected chi connectivity index (χ3v) is 2.57. The number of rotatable bonds is 3. The monoisotopic (exact) mass is 256 g/mol. The number of esters is 1. The van der Waals surface area contributed by atoms with Gasteiger partial charge in [0, 0.05) is 11.8 Å². The van der Waals surface area contributed by atoms with Crippen LogP contribution in [0.15, 0.2) is 53.8 Å². The smallest absolute Gasteiger partial charge is 0.337 e. The van der Waals surface area contributed by atoms with Crippen LogP contribution in [0.2, 0.25) is 0 Å². The van der Waals surface area contributed by atoms with Crippen LogP contribution in [0.25, 0.3) is 0 Å². The number of aromatic nitrogens is 1. The third kappa shape index (κ3) is 2.77. The Labute approximate surface area is 110 Å². The zero-order chi connectivity index (χ0) is 13.7. The fourth-order valence-electron chi connectivity index (χ4n) is 1.66. The molecule has 5 heteroatoms. The number of carbonyl (C=O) groups excluding carboxylic acids is 1. The van der Waals surface area contributed by atoms with E-state index in [9.17, 15) is 4.79 Å². The maximum Gasteiger partial charge on any atom is 0.337 e. The summed E-state index contributed by atoms with van der Waals surface area (Å²) >= 11 is 0. The lowest BCUT2D eigenvalue weighted by molar-refractivity contribution is 0.0600. The Kier molecular flexibility index (Phi) is 3.87. The molecule has 1 heterocycles. The van der Waals surface area contributed by atoms with Gasteiger partial charge in [0.15, 0.2) is 0 Å². The highest BCUT2D eigenvalue weighted by atomic mass is 16.5. The van der Waals surface area contributed by atoms with Gasteiger partial charge in [0.25, 0.3) is 0 Å². The minimum atomic E-state index is -0.464. The van der Waals surface area contributed by atoms with Crippen LogP contribution in [-0.4, -0.2) is 29.0 Å². The second-order valence-electron chi connectivity index (χ2n) is 3.74. The summed E-state index contributed by atoms with van der Waals surface area (Å²) < 4.78 is 4.64. The van der Waals surface area contributed by atoms with E-state index in [1.807, 2.05) is 18.2 Å². The lowest BCUT2D eigenvalue weighted by Crippen LogP contribution is -2.09. The average molecular weight is 256 g/mol. The molecule has 0 bridgehead atoms. The van der Waals surface area contributed by atoms with Crippen LogP contribution in [0.4, 0.5) is 0 Å². The van der Waals surface area contributed by atoms with E-state index in [1.165, 1.54) is 25.4 Å². The van der Waals surface area contributed by atoms with Crippen LogP contribution in [0, 0.1) is 0 Å². The second-order valence-corrected chi connectivity index (χ2v) is 3.74. The number of hydrogen-bond donors (Lipinski definition) is 1. The quantitative estimate of drug-likeness (QED) is 0.395. The lowest BCUT2D eigenvalue weighted by Gasteiger charge is -2.05. The number of carbonyl (C=O) groups is 1. The SMILES string of the molecule is COC(=O)c1ccnc(/C(=N\O)c2ccccc2)c1. The van der Waals surface area contributed by atoms with E-state index in [2.05, 4.69) is 14.9 Å². The van der Waals surface area contributed by atoms with E-state index in [1.54, 1.807) is 12.1 Å². The zero-order valence-electron chi connectivity index (χ0n) is 10.3. The number of pyridine rings is 1. The molecule has 5 nitrogen and oxygen atoms in total. The van der Waals surface area contributed by atoms with Crippen molar-refractivity contribution in [2.24, 2.45) is 5.16 Å². The number of oxime groups is 1. The van der Waals surface area contributed by atoms with Crippen LogP contribution < -0.4 is 0 Å². The van der Waals surface area contributed by atoms with Gasteiger partial charge in [0.2, 0.25) is 0 Å². The van der Waals surface area contributed by atoms with Crippen molar-refractivity contribution in [2.75, 3.05) is 7.11 Å². The highest BCUT2D eigenvalue weighted by Gasteiger charge is 2.12. The van der Waals surface area contributed by atoms with Crippen LogP contribution in [0.5, 0.6) is 0 Å². The molecule has 1 aromatic carbocycles. The van der Waals surface area contributed by atoms with Crippen molar-refractivity contribution in [3.05, 3.63) is 65.5 Å². The van der Waals surface area contributed by atoms with Crippen LogP contribution in [0.1, 0.15) is 21.6 Å². The normalized spacial score (nSPS) is 11.1. The summed E-state index contributed by atoms with van der Waals surface area (Å²) in [6.07, 6.45) is 1.47. The molecule has 0 unspecified atom stereocenters. The topological polar surface area (TPSA) is 71.8 Å². The van der Waals surface area contributed by atoms with Gasteiger partial charge < -0.3 is 9.94 Å². The van der Waals surface area contributed by atoms with Crippen molar-refractivity contribution < 1.29 is 14.7 Å². The van der Waals surface area contributed by atoms with E-state index in [0.717, 1.165) is 0 Å². The first-order chi connectivity index (χ1) is 9.26. The molecule has 0 aliphatic carbocycles. The molecule has 1 N–H and O–H groups in total. The van der Waals surface area contributed by atoms with Crippen molar-refractivity contribution in [2.45, 2.75) is 0 Å². The summed E-state index contributed by atoms with van der Waals surface area (Å²) in [6.45, 7) is 0. The maximum atomic E-state index is 11.5. The molecule has 1 aromatic heterocycles.